The van der Waals surface area contributed by atoms with Gasteiger partial charge in [-0.05, 0) is 60.9 Å². The van der Waals surface area contributed by atoms with Crippen molar-refractivity contribution in [3.8, 4) is 0 Å². The van der Waals surface area contributed by atoms with Crippen LogP contribution < -0.4 is 4.31 Å². The molecule has 1 saturated heterocycles. The quantitative estimate of drug-likeness (QED) is 0.795. The number of benzene rings is 2. The van der Waals surface area contributed by atoms with Gasteiger partial charge in [0.25, 0.3) is 5.91 Å². The normalized spacial score (nSPS) is 17.6. The summed E-state index contributed by atoms with van der Waals surface area (Å²) in [7, 11) is -3.26. The fourth-order valence-corrected chi connectivity index (χ4v) is 5.28. The summed E-state index contributed by atoms with van der Waals surface area (Å²) in [5.41, 5.74) is 3.67. The number of carbonyl (C=O) groups is 1. The number of piperidine rings is 1. The molecule has 0 aliphatic carbocycles. The molecular formula is C22H26N2O3S. The van der Waals surface area contributed by atoms with Gasteiger partial charge in [-0.25, -0.2) is 8.42 Å². The van der Waals surface area contributed by atoms with E-state index >= 15 is 0 Å². The molecule has 6 heteroatoms. The molecule has 0 bridgehead atoms. The van der Waals surface area contributed by atoms with Gasteiger partial charge < -0.3 is 4.90 Å². The van der Waals surface area contributed by atoms with Gasteiger partial charge in [0.1, 0.15) is 0 Å². The SMILES string of the molecule is CS(=O)(=O)N1CCc2cc(C(=O)N3CCC(Cc4ccccc4)CC3)ccc21. The molecule has 2 aromatic rings. The topological polar surface area (TPSA) is 57.7 Å². The van der Waals surface area contributed by atoms with Crippen LogP contribution in [-0.2, 0) is 22.9 Å². The maximum absolute atomic E-state index is 12.9. The van der Waals surface area contributed by atoms with Gasteiger partial charge in [-0.15, -0.1) is 0 Å². The molecular weight excluding hydrogens is 372 g/mol. The zero-order chi connectivity index (χ0) is 19.7. The van der Waals surface area contributed by atoms with Crippen molar-refractivity contribution in [1.82, 2.24) is 4.90 Å². The first-order valence-electron chi connectivity index (χ1n) is 9.85. The third kappa shape index (κ3) is 3.92. The van der Waals surface area contributed by atoms with Crippen molar-refractivity contribution in [2.75, 3.05) is 30.2 Å². The molecule has 148 valence electrons. The van der Waals surface area contributed by atoms with Crippen LogP contribution in [0.3, 0.4) is 0 Å². The van der Waals surface area contributed by atoms with E-state index in [1.165, 1.54) is 16.1 Å². The smallest absolute Gasteiger partial charge is 0.253 e. The Kier molecular flexibility index (Phi) is 5.15. The summed E-state index contributed by atoms with van der Waals surface area (Å²) in [6.45, 7) is 2.02. The average molecular weight is 399 g/mol. The zero-order valence-corrected chi connectivity index (χ0v) is 17.0. The van der Waals surface area contributed by atoms with E-state index in [0.29, 0.717) is 30.1 Å². The van der Waals surface area contributed by atoms with Crippen LogP contribution in [0.5, 0.6) is 0 Å². The lowest BCUT2D eigenvalue weighted by molar-refractivity contribution is 0.0690. The summed E-state index contributed by atoms with van der Waals surface area (Å²) in [5.74, 6) is 0.675. The third-order valence-corrected chi connectivity index (χ3v) is 7.03. The van der Waals surface area contributed by atoms with Crippen LogP contribution in [0.25, 0.3) is 0 Å². The third-order valence-electron chi connectivity index (χ3n) is 5.85. The van der Waals surface area contributed by atoms with E-state index in [4.69, 9.17) is 0 Å². The highest BCUT2D eigenvalue weighted by molar-refractivity contribution is 7.92. The zero-order valence-electron chi connectivity index (χ0n) is 16.2. The molecule has 5 nitrogen and oxygen atoms in total. The molecule has 1 fully saturated rings. The molecule has 0 atom stereocenters. The van der Waals surface area contributed by atoms with Crippen molar-refractivity contribution < 1.29 is 13.2 Å². The van der Waals surface area contributed by atoms with E-state index in [2.05, 4.69) is 24.3 Å². The minimum absolute atomic E-state index is 0.0544. The summed E-state index contributed by atoms with van der Waals surface area (Å²) in [5, 5.41) is 0. The number of hydrogen-bond donors (Lipinski definition) is 0. The molecule has 4 rings (SSSR count). The first-order valence-corrected chi connectivity index (χ1v) is 11.7. The average Bonchev–Trinajstić information content (AvgIpc) is 3.12. The van der Waals surface area contributed by atoms with Gasteiger partial charge in [-0.3, -0.25) is 9.10 Å². The Morgan fingerprint density at radius 2 is 1.75 bits per heavy atom. The maximum Gasteiger partial charge on any atom is 0.253 e. The predicted octanol–water partition coefficient (Wildman–Crippen LogP) is 3.10. The molecule has 2 heterocycles. The van der Waals surface area contributed by atoms with Crippen LogP contribution in [-0.4, -0.2) is 45.1 Å². The number of amides is 1. The van der Waals surface area contributed by atoms with Crippen LogP contribution in [0.1, 0.15) is 34.3 Å². The van der Waals surface area contributed by atoms with Gasteiger partial charge in [0.15, 0.2) is 0 Å². The van der Waals surface area contributed by atoms with Crippen LogP contribution in [0.2, 0.25) is 0 Å². The number of rotatable bonds is 4. The molecule has 2 aliphatic rings. The van der Waals surface area contributed by atoms with E-state index in [0.717, 1.165) is 37.9 Å². The summed E-state index contributed by atoms with van der Waals surface area (Å²) < 4.78 is 25.2. The van der Waals surface area contributed by atoms with Gasteiger partial charge in [0.05, 0.1) is 11.9 Å². The molecule has 1 amide bonds. The lowest BCUT2D eigenvalue weighted by Gasteiger charge is -2.32. The Morgan fingerprint density at radius 1 is 1.04 bits per heavy atom. The molecule has 2 aromatic carbocycles. The largest absolute Gasteiger partial charge is 0.339 e. The van der Waals surface area contributed by atoms with E-state index in [9.17, 15) is 13.2 Å². The van der Waals surface area contributed by atoms with E-state index in [1.807, 2.05) is 17.0 Å². The molecule has 28 heavy (non-hydrogen) atoms. The fourth-order valence-electron chi connectivity index (χ4n) is 4.32. The van der Waals surface area contributed by atoms with E-state index < -0.39 is 10.0 Å². The molecule has 0 N–H and O–H groups in total. The van der Waals surface area contributed by atoms with Crippen molar-refractivity contribution >= 4 is 21.6 Å². The van der Waals surface area contributed by atoms with Crippen molar-refractivity contribution in [2.45, 2.75) is 25.7 Å². The number of likely N-dealkylation sites (tertiary alicyclic amines) is 1. The molecule has 0 spiro atoms. The van der Waals surface area contributed by atoms with Crippen molar-refractivity contribution in [3.05, 3.63) is 65.2 Å². The summed E-state index contributed by atoms with van der Waals surface area (Å²) in [6.07, 6.45) is 4.99. The molecule has 0 aromatic heterocycles. The molecule has 0 saturated carbocycles. The standard InChI is InChI=1S/C22H26N2O3S/c1-28(26,27)24-14-11-19-16-20(7-8-21(19)24)22(25)23-12-9-18(10-13-23)15-17-5-3-2-4-6-17/h2-8,16,18H,9-15H2,1H3. The van der Waals surface area contributed by atoms with Crippen LogP contribution in [0.4, 0.5) is 5.69 Å². The summed E-state index contributed by atoms with van der Waals surface area (Å²) in [6, 6.07) is 15.9. The van der Waals surface area contributed by atoms with Crippen LogP contribution in [0.15, 0.2) is 48.5 Å². The highest BCUT2D eigenvalue weighted by Crippen LogP contribution is 2.31. The Balaban J connectivity index is 1.40. The highest BCUT2D eigenvalue weighted by Gasteiger charge is 2.28. The summed E-state index contributed by atoms with van der Waals surface area (Å²) >= 11 is 0. The Bertz CT molecular complexity index is 965. The summed E-state index contributed by atoms with van der Waals surface area (Å²) in [4.78, 5) is 14.9. The maximum atomic E-state index is 12.9. The molecule has 0 radical (unpaired) electrons. The second-order valence-corrected chi connectivity index (χ2v) is 9.76. The van der Waals surface area contributed by atoms with Crippen LogP contribution in [0, 0.1) is 5.92 Å². The lowest BCUT2D eigenvalue weighted by Crippen LogP contribution is -2.39. The van der Waals surface area contributed by atoms with Crippen molar-refractivity contribution in [2.24, 2.45) is 5.92 Å². The number of fused-ring (bicyclic) bond motifs is 1. The Labute approximate surface area is 167 Å². The number of nitrogens with zero attached hydrogens (tertiary/aromatic N) is 2. The second-order valence-electron chi connectivity index (χ2n) is 7.85. The van der Waals surface area contributed by atoms with Crippen molar-refractivity contribution in [1.29, 1.82) is 0 Å². The first kappa shape index (κ1) is 19.0. The Hall–Kier alpha value is -2.34. The van der Waals surface area contributed by atoms with Gasteiger partial charge >= 0.3 is 0 Å². The number of carbonyl (C=O) groups excluding carboxylic acids is 1. The van der Waals surface area contributed by atoms with E-state index in [-0.39, 0.29) is 5.91 Å². The molecule has 0 unspecified atom stereocenters. The fraction of sp³-hybridized carbons (Fsp3) is 0.409. The van der Waals surface area contributed by atoms with Crippen LogP contribution >= 0.6 is 0 Å². The lowest BCUT2D eigenvalue weighted by atomic mass is 9.90. The first-order chi connectivity index (χ1) is 13.4. The van der Waals surface area contributed by atoms with E-state index in [1.54, 1.807) is 12.1 Å². The van der Waals surface area contributed by atoms with Gasteiger partial charge in [0, 0.05) is 25.2 Å². The minimum atomic E-state index is -3.26. The Morgan fingerprint density at radius 3 is 2.43 bits per heavy atom. The molecule has 2 aliphatic heterocycles. The van der Waals surface area contributed by atoms with Gasteiger partial charge in [-0.2, -0.15) is 0 Å². The number of anilines is 1. The number of hydrogen-bond acceptors (Lipinski definition) is 3. The number of sulfonamides is 1. The second kappa shape index (κ2) is 7.59. The predicted molar refractivity (Wildman–Crippen MR) is 111 cm³/mol. The highest BCUT2D eigenvalue weighted by atomic mass is 32.2. The van der Waals surface area contributed by atoms with Gasteiger partial charge in [-0.1, -0.05) is 30.3 Å². The monoisotopic (exact) mass is 398 g/mol. The van der Waals surface area contributed by atoms with Gasteiger partial charge in [0.2, 0.25) is 10.0 Å². The van der Waals surface area contributed by atoms with Crippen molar-refractivity contribution in [3.63, 3.8) is 0 Å². The minimum Gasteiger partial charge on any atom is -0.339 e.